The minimum atomic E-state index is 0.0442. The first kappa shape index (κ1) is 13.2. The summed E-state index contributed by atoms with van der Waals surface area (Å²) in [4.78, 5) is 0. The van der Waals surface area contributed by atoms with Crippen LogP contribution in [0.15, 0.2) is 34.7 Å². The van der Waals surface area contributed by atoms with Crippen LogP contribution < -0.4 is 5.32 Å². The highest BCUT2D eigenvalue weighted by atomic mass is 35.5. The number of hydrogen-bond donors (Lipinski definition) is 1. The summed E-state index contributed by atoms with van der Waals surface area (Å²) >= 11 is 6.11. The molecule has 1 atom stereocenters. The minimum Gasteiger partial charge on any atom is -0.464 e. The van der Waals surface area contributed by atoms with Crippen LogP contribution in [0.4, 0.5) is 0 Å². The molecule has 2 aromatic rings. The average molecular weight is 264 g/mol. The first-order valence-corrected chi connectivity index (χ1v) is 6.54. The standard InChI is InChI=1S/C15H18ClNO/c1-4-13-5-6-14(18-13)15(17-3)11-7-10(2)8-12(16)9-11/h5-9,15,17H,4H2,1-3H3. The van der Waals surface area contributed by atoms with Gasteiger partial charge in [0.25, 0.3) is 0 Å². The van der Waals surface area contributed by atoms with Crippen LogP contribution in [0.5, 0.6) is 0 Å². The highest BCUT2D eigenvalue weighted by Gasteiger charge is 2.16. The van der Waals surface area contributed by atoms with Crippen LogP contribution >= 0.6 is 11.6 Å². The Morgan fingerprint density at radius 1 is 1.28 bits per heavy atom. The molecule has 0 aliphatic carbocycles. The number of nitrogens with one attached hydrogen (secondary N) is 1. The number of furan rings is 1. The molecule has 1 N–H and O–H groups in total. The third-order valence-corrected chi connectivity index (χ3v) is 3.22. The SMILES string of the molecule is CCc1ccc(C(NC)c2cc(C)cc(Cl)c2)o1. The summed E-state index contributed by atoms with van der Waals surface area (Å²) in [5.74, 6) is 1.93. The Kier molecular flexibility index (Phi) is 4.10. The van der Waals surface area contributed by atoms with E-state index in [0.717, 1.165) is 34.1 Å². The number of hydrogen-bond acceptors (Lipinski definition) is 2. The Hall–Kier alpha value is -1.25. The normalized spacial score (nSPS) is 12.7. The number of benzene rings is 1. The predicted molar refractivity (Wildman–Crippen MR) is 75.2 cm³/mol. The van der Waals surface area contributed by atoms with Crippen molar-refractivity contribution in [3.8, 4) is 0 Å². The zero-order valence-corrected chi connectivity index (χ0v) is 11.7. The molecule has 1 unspecified atom stereocenters. The maximum atomic E-state index is 6.11. The average Bonchev–Trinajstić information content (AvgIpc) is 2.77. The van der Waals surface area contributed by atoms with Crippen LogP contribution in [-0.2, 0) is 6.42 Å². The monoisotopic (exact) mass is 263 g/mol. The molecule has 2 nitrogen and oxygen atoms in total. The van der Waals surface area contributed by atoms with E-state index in [0.29, 0.717) is 0 Å². The molecule has 96 valence electrons. The van der Waals surface area contributed by atoms with Crippen LogP contribution in [0.1, 0.15) is 35.6 Å². The van der Waals surface area contributed by atoms with Gasteiger partial charge in [0.1, 0.15) is 11.5 Å². The van der Waals surface area contributed by atoms with Crippen LogP contribution in [0.3, 0.4) is 0 Å². The van der Waals surface area contributed by atoms with Crippen molar-refractivity contribution < 1.29 is 4.42 Å². The molecule has 0 spiro atoms. The van der Waals surface area contributed by atoms with Crippen molar-refractivity contribution in [3.63, 3.8) is 0 Å². The molecule has 1 aromatic heterocycles. The minimum absolute atomic E-state index is 0.0442. The van der Waals surface area contributed by atoms with E-state index in [1.807, 2.05) is 38.2 Å². The third-order valence-electron chi connectivity index (χ3n) is 3.00. The Morgan fingerprint density at radius 2 is 2.06 bits per heavy atom. The number of halogens is 1. The molecule has 18 heavy (non-hydrogen) atoms. The van der Waals surface area contributed by atoms with Gasteiger partial charge in [0.2, 0.25) is 0 Å². The molecule has 0 amide bonds. The maximum absolute atomic E-state index is 6.11. The quantitative estimate of drug-likeness (QED) is 0.898. The Bertz CT molecular complexity index is 513. The molecule has 1 heterocycles. The molecule has 0 saturated carbocycles. The summed E-state index contributed by atoms with van der Waals surface area (Å²) in [5.41, 5.74) is 2.28. The molecule has 0 bridgehead atoms. The van der Waals surface area contributed by atoms with Gasteiger partial charge in [-0.1, -0.05) is 24.6 Å². The highest BCUT2D eigenvalue weighted by molar-refractivity contribution is 6.30. The van der Waals surface area contributed by atoms with E-state index in [9.17, 15) is 0 Å². The second kappa shape index (κ2) is 5.59. The molecule has 0 radical (unpaired) electrons. The highest BCUT2D eigenvalue weighted by Crippen LogP contribution is 2.27. The van der Waals surface area contributed by atoms with Crippen LogP contribution in [0.2, 0.25) is 5.02 Å². The Balaban J connectivity index is 2.38. The zero-order valence-electron chi connectivity index (χ0n) is 11.0. The van der Waals surface area contributed by atoms with Gasteiger partial charge >= 0.3 is 0 Å². The van der Waals surface area contributed by atoms with E-state index in [1.165, 1.54) is 0 Å². The Labute approximate surface area is 113 Å². The van der Waals surface area contributed by atoms with E-state index >= 15 is 0 Å². The second-order valence-electron chi connectivity index (χ2n) is 4.44. The summed E-state index contributed by atoms with van der Waals surface area (Å²) in [7, 11) is 1.93. The number of aryl methyl sites for hydroxylation is 2. The summed E-state index contributed by atoms with van der Waals surface area (Å²) in [5, 5.41) is 4.03. The van der Waals surface area contributed by atoms with E-state index < -0.39 is 0 Å². The van der Waals surface area contributed by atoms with E-state index in [1.54, 1.807) is 0 Å². The molecule has 0 fully saturated rings. The number of rotatable bonds is 4. The van der Waals surface area contributed by atoms with Crippen molar-refractivity contribution in [3.05, 3.63) is 58.0 Å². The van der Waals surface area contributed by atoms with Gasteiger partial charge in [-0.15, -0.1) is 0 Å². The summed E-state index contributed by atoms with van der Waals surface area (Å²) in [6.07, 6.45) is 0.908. The first-order valence-electron chi connectivity index (χ1n) is 6.17. The third kappa shape index (κ3) is 2.77. The van der Waals surface area contributed by atoms with Crippen molar-refractivity contribution in [1.29, 1.82) is 0 Å². The molecule has 0 aliphatic heterocycles. The molecule has 0 aliphatic rings. The largest absolute Gasteiger partial charge is 0.464 e. The fourth-order valence-electron chi connectivity index (χ4n) is 2.14. The summed E-state index contributed by atoms with van der Waals surface area (Å²) < 4.78 is 5.81. The van der Waals surface area contributed by atoms with Gasteiger partial charge in [-0.3, -0.25) is 0 Å². The molecule has 0 saturated heterocycles. The van der Waals surface area contributed by atoms with E-state index in [4.69, 9.17) is 16.0 Å². The maximum Gasteiger partial charge on any atom is 0.125 e. The van der Waals surface area contributed by atoms with Crippen molar-refractivity contribution >= 4 is 11.6 Å². The van der Waals surface area contributed by atoms with Gasteiger partial charge < -0.3 is 9.73 Å². The molecule has 1 aromatic carbocycles. The zero-order chi connectivity index (χ0) is 13.1. The second-order valence-corrected chi connectivity index (χ2v) is 4.88. The van der Waals surface area contributed by atoms with Crippen molar-refractivity contribution in [2.45, 2.75) is 26.3 Å². The van der Waals surface area contributed by atoms with Crippen LogP contribution in [0, 0.1) is 6.92 Å². The predicted octanol–water partition coefficient (Wildman–Crippen LogP) is 4.11. The molecular weight excluding hydrogens is 246 g/mol. The van der Waals surface area contributed by atoms with Crippen molar-refractivity contribution in [2.75, 3.05) is 7.05 Å². The van der Waals surface area contributed by atoms with E-state index in [2.05, 4.69) is 18.3 Å². The van der Waals surface area contributed by atoms with Gasteiger partial charge in [-0.25, -0.2) is 0 Å². The fourth-order valence-corrected chi connectivity index (χ4v) is 2.44. The van der Waals surface area contributed by atoms with Gasteiger partial charge in [-0.05, 0) is 49.4 Å². The summed E-state index contributed by atoms with van der Waals surface area (Å²) in [6.45, 7) is 4.13. The van der Waals surface area contributed by atoms with Crippen molar-refractivity contribution in [1.82, 2.24) is 5.32 Å². The van der Waals surface area contributed by atoms with Crippen molar-refractivity contribution in [2.24, 2.45) is 0 Å². The summed E-state index contributed by atoms with van der Waals surface area (Å²) in [6, 6.07) is 10.2. The van der Waals surface area contributed by atoms with Gasteiger partial charge in [0.15, 0.2) is 0 Å². The smallest absolute Gasteiger partial charge is 0.125 e. The lowest BCUT2D eigenvalue weighted by Gasteiger charge is -2.15. The van der Waals surface area contributed by atoms with Gasteiger partial charge in [0, 0.05) is 11.4 Å². The van der Waals surface area contributed by atoms with Crippen LogP contribution in [0.25, 0.3) is 0 Å². The van der Waals surface area contributed by atoms with Gasteiger partial charge in [-0.2, -0.15) is 0 Å². The molecule has 3 heteroatoms. The first-order chi connectivity index (χ1) is 8.63. The lowest BCUT2D eigenvalue weighted by molar-refractivity contribution is 0.434. The fraction of sp³-hybridized carbons (Fsp3) is 0.333. The Morgan fingerprint density at radius 3 is 2.61 bits per heavy atom. The molecule has 2 rings (SSSR count). The van der Waals surface area contributed by atoms with Gasteiger partial charge in [0.05, 0.1) is 6.04 Å². The molecular formula is C15H18ClNO. The lowest BCUT2D eigenvalue weighted by Crippen LogP contribution is -2.17. The van der Waals surface area contributed by atoms with Crippen LogP contribution in [-0.4, -0.2) is 7.05 Å². The lowest BCUT2D eigenvalue weighted by atomic mass is 10.0. The topological polar surface area (TPSA) is 25.2 Å². The van der Waals surface area contributed by atoms with E-state index in [-0.39, 0.29) is 6.04 Å².